The topological polar surface area (TPSA) is 156 Å². The fourth-order valence-corrected chi connectivity index (χ4v) is 3.10. The summed E-state index contributed by atoms with van der Waals surface area (Å²) in [7, 11) is 0. The molecule has 1 aromatic carbocycles. The number of hydrogen-bond donors (Lipinski definition) is 1. The molecule has 1 rings (SSSR count). The number of benzene rings is 1. The van der Waals surface area contributed by atoms with Crippen molar-refractivity contribution in [1.82, 2.24) is 0 Å². The molecule has 14 heteroatoms. The summed E-state index contributed by atoms with van der Waals surface area (Å²) in [5.74, 6) is -0.178. The SMILES string of the molecule is O=Cc1ccc(OCCOCCOCCOCCOCCOCCOCCOCCOCCOCCOCCC(=O)O)cc1. The lowest BCUT2D eigenvalue weighted by Gasteiger charge is -2.09. The minimum Gasteiger partial charge on any atom is -0.491 e. The first-order valence-corrected chi connectivity index (χ1v) is 14.9. The molecule has 44 heavy (non-hydrogen) atoms. The van der Waals surface area contributed by atoms with E-state index in [2.05, 4.69) is 0 Å². The third-order valence-electron chi connectivity index (χ3n) is 5.32. The van der Waals surface area contributed by atoms with Crippen LogP contribution in [-0.2, 0) is 52.2 Å². The number of carbonyl (C=O) groups excluding carboxylic acids is 1. The zero-order valence-electron chi connectivity index (χ0n) is 25.7. The van der Waals surface area contributed by atoms with Gasteiger partial charge in [0.15, 0.2) is 0 Å². The summed E-state index contributed by atoms with van der Waals surface area (Å²) < 4.78 is 59.5. The fraction of sp³-hybridized carbons (Fsp3) is 0.733. The number of ether oxygens (including phenoxy) is 11. The van der Waals surface area contributed by atoms with Crippen molar-refractivity contribution in [2.75, 3.05) is 139 Å². The molecule has 0 amide bonds. The lowest BCUT2D eigenvalue weighted by atomic mass is 10.2. The van der Waals surface area contributed by atoms with Crippen molar-refractivity contribution in [3.63, 3.8) is 0 Å². The van der Waals surface area contributed by atoms with E-state index in [4.69, 9.17) is 57.2 Å². The van der Waals surface area contributed by atoms with Gasteiger partial charge in [0.1, 0.15) is 18.6 Å². The molecule has 0 aromatic heterocycles. The maximum atomic E-state index is 10.6. The van der Waals surface area contributed by atoms with Crippen LogP contribution in [-0.4, -0.2) is 156 Å². The van der Waals surface area contributed by atoms with Crippen molar-refractivity contribution < 1.29 is 66.8 Å². The number of carboxylic acids is 1. The molecule has 0 unspecified atom stereocenters. The van der Waals surface area contributed by atoms with Gasteiger partial charge in [-0.1, -0.05) is 0 Å². The minimum atomic E-state index is -0.877. The minimum absolute atomic E-state index is 0.00482. The molecule has 0 saturated carbocycles. The first-order chi connectivity index (χ1) is 21.7. The molecule has 1 aromatic rings. The van der Waals surface area contributed by atoms with Gasteiger partial charge in [0, 0.05) is 5.56 Å². The highest BCUT2D eigenvalue weighted by Gasteiger charge is 1.98. The van der Waals surface area contributed by atoms with E-state index >= 15 is 0 Å². The predicted molar refractivity (Wildman–Crippen MR) is 158 cm³/mol. The Balaban J connectivity index is 1.64. The average Bonchev–Trinajstić information content (AvgIpc) is 3.03. The molecule has 0 heterocycles. The van der Waals surface area contributed by atoms with Crippen molar-refractivity contribution >= 4 is 12.3 Å². The molecule has 0 spiro atoms. The van der Waals surface area contributed by atoms with Crippen molar-refractivity contribution in [2.24, 2.45) is 0 Å². The first kappa shape index (κ1) is 39.8. The second-order valence-electron chi connectivity index (χ2n) is 8.80. The quantitative estimate of drug-likeness (QED) is 0.0847. The standard InChI is InChI=1S/C30H50O14/c31-27-28-1-3-29(4-2-28)44-26-25-43-24-23-42-22-21-41-20-19-40-18-17-39-16-15-38-14-13-37-12-11-36-10-9-35-8-7-34-6-5-30(32)33/h1-4,27H,5-26H2,(H,32,33). The Morgan fingerprint density at radius 3 is 1.00 bits per heavy atom. The number of aldehydes is 1. The van der Waals surface area contributed by atoms with E-state index in [1.165, 1.54) is 0 Å². The molecule has 254 valence electrons. The second-order valence-corrected chi connectivity index (χ2v) is 8.80. The number of aliphatic carboxylic acids is 1. The highest BCUT2D eigenvalue weighted by molar-refractivity contribution is 5.74. The van der Waals surface area contributed by atoms with E-state index in [0.717, 1.165) is 6.29 Å². The van der Waals surface area contributed by atoms with Crippen LogP contribution in [0.4, 0.5) is 0 Å². The van der Waals surface area contributed by atoms with Gasteiger partial charge in [-0.2, -0.15) is 0 Å². The normalized spacial score (nSPS) is 11.2. The number of hydrogen-bond acceptors (Lipinski definition) is 13. The Morgan fingerprint density at radius 1 is 0.455 bits per heavy atom. The highest BCUT2D eigenvalue weighted by atomic mass is 16.6. The van der Waals surface area contributed by atoms with Crippen molar-refractivity contribution in [2.45, 2.75) is 6.42 Å². The van der Waals surface area contributed by atoms with Gasteiger partial charge in [0.25, 0.3) is 0 Å². The van der Waals surface area contributed by atoms with Crippen LogP contribution in [0.1, 0.15) is 16.8 Å². The van der Waals surface area contributed by atoms with Crippen molar-refractivity contribution in [3.8, 4) is 5.75 Å². The Bertz CT molecular complexity index is 765. The Kier molecular flexibility index (Phi) is 29.1. The predicted octanol–water partition coefficient (Wildman–Crippen LogP) is 1.52. The van der Waals surface area contributed by atoms with Gasteiger partial charge in [0.2, 0.25) is 0 Å². The Morgan fingerprint density at radius 2 is 0.727 bits per heavy atom. The van der Waals surface area contributed by atoms with Gasteiger partial charge in [0.05, 0.1) is 139 Å². The molecular weight excluding hydrogens is 584 g/mol. The maximum absolute atomic E-state index is 10.6. The summed E-state index contributed by atoms with van der Waals surface area (Å²) in [6.45, 7) is 9.46. The zero-order chi connectivity index (χ0) is 31.6. The average molecular weight is 635 g/mol. The summed E-state index contributed by atoms with van der Waals surface area (Å²) >= 11 is 0. The smallest absolute Gasteiger partial charge is 0.305 e. The van der Waals surface area contributed by atoms with E-state index in [1.807, 2.05) is 0 Å². The molecule has 0 saturated heterocycles. The highest BCUT2D eigenvalue weighted by Crippen LogP contribution is 2.10. The Hall–Kier alpha value is -2.24. The maximum Gasteiger partial charge on any atom is 0.305 e. The van der Waals surface area contributed by atoms with Gasteiger partial charge < -0.3 is 57.2 Å². The molecule has 0 fully saturated rings. The van der Waals surface area contributed by atoms with Crippen LogP contribution in [0.5, 0.6) is 5.75 Å². The first-order valence-electron chi connectivity index (χ1n) is 14.9. The van der Waals surface area contributed by atoms with E-state index in [-0.39, 0.29) is 13.0 Å². The molecule has 0 aliphatic carbocycles. The molecular formula is C30H50O14. The van der Waals surface area contributed by atoms with Gasteiger partial charge in [-0.05, 0) is 24.3 Å². The van der Waals surface area contributed by atoms with E-state index in [0.29, 0.717) is 143 Å². The van der Waals surface area contributed by atoms with Crippen LogP contribution < -0.4 is 4.74 Å². The third kappa shape index (κ3) is 28.5. The molecule has 0 radical (unpaired) electrons. The lowest BCUT2D eigenvalue weighted by molar-refractivity contribution is -0.138. The molecule has 0 atom stereocenters. The van der Waals surface area contributed by atoms with Gasteiger partial charge in [-0.3, -0.25) is 9.59 Å². The van der Waals surface area contributed by atoms with E-state index in [1.54, 1.807) is 24.3 Å². The van der Waals surface area contributed by atoms with Gasteiger partial charge >= 0.3 is 5.97 Å². The summed E-state index contributed by atoms with van der Waals surface area (Å²) in [5.41, 5.74) is 0.613. The van der Waals surface area contributed by atoms with E-state index < -0.39 is 5.97 Å². The van der Waals surface area contributed by atoms with Gasteiger partial charge in [-0.15, -0.1) is 0 Å². The molecule has 1 N–H and O–H groups in total. The molecule has 0 aliphatic rings. The van der Waals surface area contributed by atoms with E-state index in [9.17, 15) is 9.59 Å². The number of carbonyl (C=O) groups is 2. The second kappa shape index (κ2) is 32.2. The fourth-order valence-electron chi connectivity index (χ4n) is 3.10. The van der Waals surface area contributed by atoms with Crippen molar-refractivity contribution in [3.05, 3.63) is 29.8 Å². The van der Waals surface area contributed by atoms with Crippen LogP contribution in [0.25, 0.3) is 0 Å². The molecule has 14 nitrogen and oxygen atoms in total. The molecule has 0 bridgehead atoms. The zero-order valence-corrected chi connectivity index (χ0v) is 25.7. The van der Waals surface area contributed by atoms with Crippen molar-refractivity contribution in [1.29, 1.82) is 0 Å². The number of rotatable bonds is 35. The van der Waals surface area contributed by atoms with Crippen LogP contribution in [0.2, 0.25) is 0 Å². The van der Waals surface area contributed by atoms with Crippen LogP contribution in [0.3, 0.4) is 0 Å². The Labute approximate surface area is 260 Å². The third-order valence-corrected chi connectivity index (χ3v) is 5.32. The summed E-state index contributed by atoms with van der Waals surface area (Å²) in [6, 6.07) is 6.91. The van der Waals surface area contributed by atoms with Crippen LogP contribution >= 0.6 is 0 Å². The largest absolute Gasteiger partial charge is 0.491 e. The summed E-state index contributed by atoms with van der Waals surface area (Å²) in [4.78, 5) is 20.9. The van der Waals surface area contributed by atoms with Crippen LogP contribution in [0.15, 0.2) is 24.3 Å². The monoisotopic (exact) mass is 634 g/mol. The molecule has 0 aliphatic heterocycles. The summed E-state index contributed by atoms with van der Waals surface area (Å²) in [5, 5.41) is 8.48. The lowest BCUT2D eigenvalue weighted by Crippen LogP contribution is -2.15. The summed E-state index contributed by atoms with van der Waals surface area (Å²) in [6.07, 6.45) is 0.789. The van der Waals surface area contributed by atoms with Gasteiger partial charge in [-0.25, -0.2) is 0 Å². The number of carboxylic acid groups (broad SMARTS) is 1. The van der Waals surface area contributed by atoms with Crippen LogP contribution in [0, 0.1) is 0 Å².